The van der Waals surface area contributed by atoms with Crippen LogP contribution in [-0.2, 0) is 6.54 Å². The molecule has 0 unspecified atom stereocenters. The van der Waals surface area contributed by atoms with E-state index in [-0.39, 0.29) is 0 Å². The van der Waals surface area contributed by atoms with Crippen LogP contribution in [0.4, 0.5) is 0 Å². The van der Waals surface area contributed by atoms with Gasteiger partial charge in [-0.05, 0) is 18.6 Å². The van der Waals surface area contributed by atoms with Crippen LogP contribution in [-0.4, -0.2) is 11.6 Å². The van der Waals surface area contributed by atoms with Gasteiger partial charge in [-0.25, -0.2) is 4.98 Å². The zero-order chi connectivity index (χ0) is 12.1. The maximum Gasteiger partial charge on any atom is 0.208 e. The van der Waals surface area contributed by atoms with Crippen molar-refractivity contribution in [3.8, 4) is 17.1 Å². The third-order valence-electron chi connectivity index (χ3n) is 2.34. The monoisotopic (exact) mass is 232 g/mol. The standard InChI is InChI=1S/C13H16N2O2/c1-2-7-16-11-6-4-3-5-10(11)12-9-15-13(8-14)17-12/h3-6,9H,2,7-8,14H2,1H3. The lowest BCUT2D eigenvalue weighted by molar-refractivity contribution is 0.318. The van der Waals surface area contributed by atoms with Gasteiger partial charge in [0.2, 0.25) is 5.89 Å². The molecule has 0 saturated carbocycles. The molecule has 0 bridgehead atoms. The fourth-order valence-electron chi connectivity index (χ4n) is 1.54. The smallest absolute Gasteiger partial charge is 0.208 e. The molecule has 4 nitrogen and oxygen atoms in total. The number of ether oxygens (including phenoxy) is 1. The SMILES string of the molecule is CCCOc1ccccc1-c1cnc(CN)o1. The summed E-state index contributed by atoms with van der Waals surface area (Å²) in [6, 6.07) is 7.76. The Bertz CT molecular complexity index is 480. The molecule has 17 heavy (non-hydrogen) atoms. The van der Waals surface area contributed by atoms with Gasteiger partial charge in [0.05, 0.1) is 24.9 Å². The molecule has 0 aliphatic heterocycles. The molecule has 0 radical (unpaired) electrons. The lowest BCUT2D eigenvalue weighted by Crippen LogP contribution is -1.96. The van der Waals surface area contributed by atoms with Gasteiger partial charge in [0.15, 0.2) is 5.76 Å². The van der Waals surface area contributed by atoms with Crippen molar-refractivity contribution in [2.24, 2.45) is 5.73 Å². The van der Waals surface area contributed by atoms with E-state index in [1.165, 1.54) is 0 Å². The van der Waals surface area contributed by atoms with E-state index in [1.54, 1.807) is 6.20 Å². The minimum Gasteiger partial charge on any atom is -0.493 e. The van der Waals surface area contributed by atoms with E-state index in [2.05, 4.69) is 11.9 Å². The summed E-state index contributed by atoms with van der Waals surface area (Å²) in [7, 11) is 0. The van der Waals surface area contributed by atoms with Crippen molar-refractivity contribution < 1.29 is 9.15 Å². The zero-order valence-corrected chi connectivity index (χ0v) is 9.85. The Labute approximate surface area is 100 Å². The van der Waals surface area contributed by atoms with Gasteiger partial charge >= 0.3 is 0 Å². The highest BCUT2D eigenvalue weighted by atomic mass is 16.5. The molecule has 0 fully saturated rings. The van der Waals surface area contributed by atoms with Crippen molar-refractivity contribution >= 4 is 0 Å². The number of benzene rings is 1. The molecule has 0 atom stereocenters. The predicted molar refractivity (Wildman–Crippen MR) is 65.6 cm³/mol. The quantitative estimate of drug-likeness (QED) is 0.860. The van der Waals surface area contributed by atoms with Crippen molar-refractivity contribution in [3.05, 3.63) is 36.4 Å². The number of hydrogen-bond acceptors (Lipinski definition) is 4. The maximum atomic E-state index is 5.66. The Morgan fingerprint density at radius 2 is 2.18 bits per heavy atom. The number of hydrogen-bond donors (Lipinski definition) is 1. The third kappa shape index (κ3) is 2.65. The van der Waals surface area contributed by atoms with Crippen LogP contribution < -0.4 is 10.5 Å². The van der Waals surface area contributed by atoms with Crippen molar-refractivity contribution in [3.63, 3.8) is 0 Å². The van der Waals surface area contributed by atoms with Crippen molar-refractivity contribution in [2.45, 2.75) is 19.9 Å². The van der Waals surface area contributed by atoms with E-state index in [9.17, 15) is 0 Å². The van der Waals surface area contributed by atoms with E-state index in [0.29, 0.717) is 24.8 Å². The van der Waals surface area contributed by atoms with Crippen LogP contribution >= 0.6 is 0 Å². The molecule has 0 aliphatic rings. The Morgan fingerprint density at radius 1 is 1.35 bits per heavy atom. The maximum absolute atomic E-state index is 5.66. The fraction of sp³-hybridized carbons (Fsp3) is 0.308. The first-order chi connectivity index (χ1) is 8.35. The largest absolute Gasteiger partial charge is 0.493 e. The molecule has 90 valence electrons. The van der Waals surface area contributed by atoms with Gasteiger partial charge in [-0.2, -0.15) is 0 Å². The van der Waals surface area contributed by atoms with Gasteiger partial charge in [0.1, 0.15) is 5.75 Å². The van der Waals surface area contributed by atoms with Gasteiger partial charge in [-0.15, -0.1) is 0 Å². The first-order valence-electron chi connectivity index (χ1n) is 5.72. The number of nitrogens with two attached hydrogens (primary N) is 1. The van der Waals surface area contributed by atoms with E-state index < -0.39 is 0 Å². The number of aromatic nitrogens is 1. The molecule has 2 rings (SSSR count). The second-order valence-corrected chi connectivity index (χ2v) is 3.67. The summed E-state index contributed by atoms with van der Waals surface area (Å²) in [4.78, 5) is 4.09. The molecule has 2 N–H and O–H groups in total. The average Bonchev–Trinajstić information content (AvgIpc) is 2.85. The van der Waals surface area contributed by atoms with Crippen LogP contribution in [0.2, 0.25) is 0 Å². The van der Waals surface area contributed by atoms with Gasteiger partial charge < -0.3 is 14.9 Å². The molecular formula is C13H16N2O2. The number of nitrogens with zero attached hydrogens (tertiary/aromatic N) is 1. The fourth-order valence-corrected chi connectivity index (χ4v) is 1.54. The summed E-state index contributed by atoms with van der Waals surface area (Å²) in [6.45, 7) is 3.07. The molecule has 2 aromatic rings. The van der Waals surface area contributed by atoms with E-state index in [1.807, 2.05) is 24.3 Å². The molecule has 4 heteroatoms. The van der Waals surface area contributed by atoms with Crippen LogP contribution in [0.25, 0.3) is 11.3 Å². The number of oxazole rings is 1. The molecular weight excluding hydrogens is 216 g/mol. The van der Waals surface area contributed by atoms with Crippen molar-refractivity contribution in [2.75, 3.05) is 6.61 Å². The summed E-state index contributed by atoms with van der Waals surface area (Å²) in [5, 5.41) is 0. The van der Waals surface area contributed by atoms with Crippen LogP contribution in [0, 0.1) is 0 Å². The van der Waals surface area contributed by atoms with E-state index >= 15 is 0 Å². The zero-order valence-electron chi connectivity index (χ0n) is 9.85. The van der Waals surface area contributed by atoms with Crippen LogP contribution in [0.5, 0.6) is 5.75 Å². The molecule has 1 aromatic carbocycles. The molecule has 0 saturated heterocycles. The Morgan fingerprint density at radius 3 is 2.88 bits per heavy atom. The van der Waals surface area contributed by atoms with E-state index in [4.69, 9.17) is 14.9 Å². The van der Waals surface area contributed by atoms with Crippen molar-refractivity contribution in [1.29, 1.82) is 0 Å². The highest BCUT2D eigenvalue weighted by molar-refractivity contribution is 5.64. The normalized spacial score (nSPS) is 10.5. The summed E-state index contributed by atoms with van der Waals surface area (Å²) in [6.07, 6.45) is 2.65. The minimum absolute atomic E-state index is 0.304. The Hall–Kier alpha value is -1.81. The average molecular weight is 232 g/mol. The summed E-state index contributed by atoms with van der Waals surface area (Å²) < 4.78 is 11.2. The molecule has 0 aliphatic carbocycles. The minimum atomic E-state index is 0.304. The molecule has 1 heterocycles. The second-order valence-electron chi connectivity index (χ2n) is 3.67. The lowest BCUT2D eigenvalue weighted by Gasteiger charge is -2.08. The topological polar surface area (TPSA) is 61.3 Å². The third-order valence-corrected chi connectivity index (χ3v) is 2.34. The summed E-state index contributed by atoms with van der Waals surface area (Å²) >= 11 is 0. The summed E-state index contributed by atoms with van der Waals surface area (Å²) in [5.41, 5.74) is 6.38. The van der Waals surface area contributed by atoms with Gasteiger partial charge in [-0.1, -0.05) is 19.1 Å². The van der Waals surface area contributed by atoms with Crippen LogP contribution in [0.1, 0.15) is 19.2 Å². The van der Waals surface area contributed by atoms with Crippen LogP contribution in [0.15, 0.2) is 34.9 Å². The van der Waals surface area contributed by atoms with Gasteiger partial charge in [-0.3, -0.25) is 0 Å². The number of rotatable bonds is 5. The Balaban J connectivity index is 2.30. The number of para-hydroxylation sites is 1. The predicted octanol–water partition coefficient (Wildman–Crippen LogP) is 2.59. The first kappa shape index (κ1) is 11.7. The highest BCUT2D eigenvalue weighted by Crippen LogP contribution is 2.30. The molecule has 0 amide bonds. The second kappa shape index (κ2) is 5.50. The Kier molecular flexibility index (Phi) is 3.77. The first-order valence-corrected chi connectivity index (χ1v) is 5.72. The van der Waals surface area contributed by atoms with E-state index in [0.717, 1.165) is 17.7 Å². The highest BCUT2D eigenvalue weighted by Gasteiger charge is 2.10. The van der Waals surface area contributed by atoms with Gasteiger partial charge in [0.25, 0.3) is 0 Å². The molecule has 1 aromatic heterocycles. The molecule has 0 spiro atoms. The van der Waals surface area contributed by atoms with Gasteiger partial charge in [0, 0.05) is 0 Å². The van der Waals surface area contributed by atoms with Crippen LogP contribution in [0.3, 0.4) is 0 Å². The lowest BCUT2D eigenvalue weighted by atomic mass is 10.1. The van der Waals surface area contributed by atoms with Crippen molar-refractivity contribution in [1.82, 2.24) is 4.98 Å². The summed E-state index contributed by atoms with van der Waals surface area (Å²) in [5.74, 6) is 2.04.